The van der Waals surface area contributed by atoms with Crippen molar-refractivity contribution in [3.63, 3.8) is 0 Å². The average molecular weight is 757 g/mol. The number of ether oxygens (including phenoxy) is 2. The summed E-state index contributed by atoms with van der Waals surface area (Å²) in [6.45, 7) is 18.6. The Morgan fingerprint density at radius 3 is 2.22 bits per heavy atom. The molecule has 0 saturated carbocycles. The summed E-state index contributed by atoms with van der Waals surface area (Å²) in [5, 5.41) is 8.34. The molecule has 51 heavy (non-hydrogen) atoms. The van der Waals surface area contributed by atoms with Crippen molar-refractivity contribution < 1.29 is 27.2 Å². The number of H-pyrrole nitrogens is 1. The number of methoxy groups -OCH3 is 2. The molecule has 15 heteroatoms. The van der Waals surface area contributed by atoms with Gasteiger partial charge in [0.15, 0.2) is 11.5 Å². The molecule has 0 spiro atoms. The number of nitrogens with zero attached hydrogens (tertiary/aromatic N) is 3. The first-order chi connectivity index (χ1) is 23.8. The standard InChI is InChI=1S/C36H45ClN6O6S2/c1-21-12-13-22(32-38-33-30(37)31(34(2,3)4)39-43(33)40-32)18-25(21)41-48-49-50-28-20-24(15-17-26(28)46-10)42-51(44,45)29-19-23(14-16-27(29)47-11)36(8,9)35(5,6)7/h12-20,39,41-42H,1-11H3. The zero-order valence-corrected chi connectivity index (χ0v) is 33.1. The minimum absolute atomic E-state index is 0.0343. The van der Waals surface area contributed by atoms with Crippen molar-refractivity contribution in [3.8, 4) is 22.9 Å². The lowest BCUT2D eigenvalue weighted by atomic mass is 9.65. The normalized spacial score (nSPS) is 12.7. The SMILES string of the molecule is COc1ccc(NS(=O)(=O)c2cc(C(C)(C)C(C)(C)C)ccc2OC)cc1SOONc1cc(-c2nc3c(Cl)c(C(C)(C)C)[nH]n3n2)ccc1C. The number of fused-ring (bicyclic) bond motifs is 1. The van der Waals surface area contributed by atoms with Gasteiger partial charge in [0, 0.05) is 11.0 Å². The molecule has 0 aliphatic heterocycles. The van der Waals surface area contributed by atoms with E-state index < -0.39 is 10.0 Å². The zero-order valence-electron chi connectivity index (χ0n) is 30.7. The quantitative estimate of drug-likeness (QED) is 0.0489. The van der Waals surface area contributed by atoms with Gasteiger partial charge in [-0.15, -0.1) is 14.4 Å². The Bertz CT molecular complexity index is 2170. The summed E-state index contributed by atoms with van der Waals surface area (Å²) in [6.07, 6.45) is 0. The molecule has 0 unspecified atom stereocenters. The number of hydrogen-bond donors (Lipinski definition) is 3. The summed E-state index contributed by atoms with van der Waals surface area (Å²) in [5.74, 6) is 1.17. The van der Waals surface area contributed by atoms with Crippen molar-refractivity contribution in [2.75, 3.05) is 24.4 Å². The van der Waals surface area contributed by atoms with Gasteiger partial charge in [0.1, 0.15) is 21.4 Å². The molecule has 3 N–H and O–H groups in total. The average Bonchev–Trinajstić information content (AvgIpc) is 3.62. The summed E-state index contributed by atoms with van der Waals surface area (Å²) in [4.78, 5) is 10.5. The molecule has 274 valence electrons. The number of aryl methyl sites for hydroxylation is 1. The van der Waals surface area contributed by atoms with Gasteiger partial charge in [-0.1, -0.05) is 85.2 Å². The fourth-order valence-electron chi connectivity index (χ4n) is 5.13. The van der Waals surface area contributed by atoms with Crippen LogP contribution in [0.3, 0.4) is 0 Å². The maximum Gasteiger partial charge on any atom is 0.265 e. The lowest BCUT2D eigenvalue weighted by molar-refractivity contribution is -0.161. The Balaban J connectivity index is 1.29. The maximum atomic E-state index is 13.7. The van der Waals surface area contributed by atoms with Crippen molar-refractivity contribution in [1.29, 1.82) is 0 Å². The second-order valence-electron chi connectivity index (χ2n) is 14.8. The molecule has 0 amide bonds. The van der Waals surface area contributed by atoms with E-state index in [2.05, 4.69) is 80.8 Å². The Morgan fingerprint density at radius 2 is 1.59 bits per heavy atom. The largest absolute Gasteiger partial charge is 0.495 e. The van der Waals surface area contributed by atoms with Crippen molar-refractivity contribution in [1.82, 2.24) is 19.8 Å². The number of anilines is 2. The summed E-state index contributed by atoms with van der Waals surface area (Å²) in [5.41, 5.74) is 6.95. The van der Waals surface area contributed by atoms with E-state index in [-0.39, 0.29) is 26.9 Å². The summed E-state index contributed by atoms with van der Waals surface area (Å²) < 4.78 is 48.1. The highest BCUT2D eigenvalue weighted by atomic mass is 35.5. The zero-order chi connectivity index (χ0) is 37.5. The molecule has 3 aromatic carbocycles. The first-order valence-corrected chi connectivity index (χ1v) is 18.8. The van der Waals surface area contributed by atoms with E-state index in [4.69, 9.17) is 30.4 Å². The van der Waals surface area contributed by atoms with Gasteiger partial charge in [0.05, 0.1) is 48.2 Å². The molecule has 0 atom stereocenters. The number of rotatable bonds is 12. The number of hydrogen-bond acceptors (Lipinski definition) is 10. The van der Waals surface area contributed by atoms with Crippen molar-refractivity contribution >= 4 is 50.7 Å². The lowest BCUT2D eigenvalue weighted by Gasteiger charge is -2.39. The van der Waals surface area contributed by atoms with Crippen LogP contribution in [0.15, 0.2) is 64.4 Å². The molecule has 0 aliphatic rings. The summed E-state index contributed by atoms with van der Waals surface area (Å²) >= 11 is 7.46. The van der Waals surface area contributed by atoms with E-state index >= 15 is 0 Å². The minimum Gasteiger partial charge on any atom is -0.495 e. The molecule has 2 aromatic heterocycles. The number of aromatic amines is 1. The number of halogens is 1. The maximum absolute atomic E-state index is 13.7. The molecule has 0 radical (unpaired) electrons. The van der Waals surface area contributed by atoms with E-state index in [9.17, 15) is 8.42 Å². The molecule has 12 nitrogen and oxygen atoms in total. The highest BCUT2D eigenvalue weighted by molar-refractivity contribution is 7.94. The fourth-order valence-corrected chi connectivity index (χ4v) is 7.37. The molecule has 0 fully saturated rings. The van der Waals surface area contributed by atoms with Gasteiger partial charge in [-0.05, 0) is 65.3 Å². The Hall–Kier alpha value is -3.95. The van der Waals surface area contributed by atoms with Crippen LogP contribution in [0.4, 0.5) is 11.4 Å². The van der Waals surface area contributed by atoms with Crippen LogP contribution < -0.4 is 19.7 Å². The van der Waals surface area contributed by atoms with E-state index in [0.29, 0.717) is 38.5 Å². The van der Waals surface area contributed by atoms with Gasteiger partial charge in [-0.25, -0.2) is 18.9 Å². The van der Waals surface area contributed by atoms with E-state index in [1.165, 1.54) is 14.2 Å². The molecule has 5 aromatic rings. The van der Waals surface area contributed by atoms with Crippen LogP contribution in [0.5, 0.6) is 11.5 Å². The molecule has 0 bridgehead atoms. The molecule has 5 rings (SSSR count). The number of nitrogens with one attached hydrogen (secondary N) is 3. The third kappa shape index (κ3) is 7.95. The minimum atomic E-state index is -4.06. The molecule has 0 saturated heterocycles. The van der Waals surface area contributed by atoms with Crippen molar-refractivity contribution in [3.05, 3.63) is 76.4 Å². The second kappa shape index (κ2) is 14.2. The van der Waals surface area contributed by atoms with Gasteiger partial charge in [-0.2, -0.15) is 4.63 Å². The van der Waals surface area contributed by atoms with Crippen LogP contribution in [-0.2, 0) is 30.2 Å². The van der Waals surface area contributed by atoms with E-state index in [0.717, 1.165) is 34.4 Å². The first-order valence-electron chi connectivity index (χ1n) is 16.2. The Morgan fingerprint density at radius 1 is 0.902 bits per heavy atom. The third-order valence-electron chi connectivity index (χ3n) is 9.26. The van der Waals surface area contributed by atoms with Crippen LogP contribution in [0.2, 0.25) is 5.02 Å². The summed E-state index contributed by atoms with van der Waals surface area (Å²) in [7, 11) is -1.11. The molecular weight excluding hydrogens is 712 g/mol. The van der Waals surface area contributed by atoms with Crippen LogP contribution in [-0.4, -0.2) is 42.4 Å². The third-order valence-corrected chi connectivity index (χ3v) is 11.7. The summed E-state index contributed by atoms with van der Waals surface area (Å²) in [6, 6.07) is 15.7. The highest BCUT2D eigenvalue weighted by Gasteiger charge is 2.36. The van der Waals surface area contributed by atoms with E-state index in [1.807, 2.05) is 31.2 Å². The number of benzene rings is 3. The Labute approximate surface area is 308 Å². The van der Waals surface area contributed by atoms with Gasteiger partial charge in [0.2, 0.25) is 0 Å². The van der Waals surface area contributed by atoms with Gasteiger partial charge < -0.3 is 9.47 Å². The first kappa shape index (κ1) is 38.3. The van der Waals surface area contributed by atoms with Gasteiger partial charge >= 0.3 is 0 Å². The van der Waals surface area contributed by atoms with Crippen LogP contribution in [0.1, 0.15) is 72.2 Å². The highest BCUT2D eigenvalue weighted by Crippen LogP contribution is 2.43. The molecule has 0 aliphatic carbocycles. The smallest absolute Gasteiger partial charge is 0.265 e. The lowest BCUT2D eigenvalue weighted by Crippen LogP contribution is -2.34. The second-order valence-corrected chi connectivity index (χ2v) is 17.6. The number of aromatic nitrogens is 4. The van der Waals surface area contributed by atoms with Crippen molar-refractivity contribution in [2.45, 2.75) is 82.9 Å². The van der Waals surface area contributed by atoms with Crippen molar-refractivity contribution in [2.24, 2.45) is 5.41 Å². The monoisotopic (exact) mass is 756 g/mol. The van der Waals surface area contributed by atoms with Crippen LogP contribution in [0, 0.1) is 12.3 Å². The number of sulfonamides is 1. The molecule has 2 heterocycles. The van der Waals surface area contributed by atoms with Crippen LogP contribution in [0.25, 0.3) is 17.0 Å². The van der Waals surface area contributed by atoms with Crippen LogP contribution >= 0.6 is 23.6 Å². The van der Waals surface area contributed by atoms with Gasteiger partial charge in [0.25, 0.3) is 10.0 Å². The predicted molar refractivity (Wildman–Crippen MR) is 202 cm³/mol. The molecular formula is C36H45ClN6O6S2. The topological polar surface area (TPSA) is 141 Å². The van der Waals surface area contributed by atoms with Gasteiger partial charge in [-0.3, -0.25) is 9.82 Å². The van der Waals surface area contributed by atoms with E-state index in [1.54, 1.807) is 35.0 Å². The predicted octanol–water partition coefficient (Wildman–Crippen LogP) is 9.11. The fraction of sp³-hybridized carbons (Fsp3) is 0.389. The Kier molecular flexibility index (Phi) is 10.7.